The third-order valence-corrected chi connectivity index (χ3v) is 20.8. The van der Waals surface area contributed by atoms with E-state index in [2.05, 4.69) is 251 Å². The number of aromatic nitrogens is 6. The van der Waals surface area contributed by atoms with Gasteiger partial charge in [-0.1, -0.05) is 307 Å². The van der Waals surface area contributed by atoms with Gasteiger partial charge in [-0.2, -0.15) is 0 Å². The zero-order chi connectivity index (χ0) is 72.2. The average molecular weight is 1370 g/mol. The van der Waals surface area contributed by atoms with Crippen molar-refractivity contribution in [1.82, 2.24) is 29.9 Å². The smallest absolute Gasteiger partial charge is 0.399 e. The van der Waals surface area contributed by atoms with Gasteiger partial charge in [0.2, 0.25) is 5.28 Å². The van der Waals surface area contributed by atoms with Gasteiger partial charge >= 0.3 is 14.2 Å². The van der Waals surface area contributed by atoms with Crippen molar-refractivity contribution in [2.45, 2.75) is 116 Å². The maximum atomic E-state index is 6.21. The summed E-state index contributed by atoms with van der Waals surface area (Å²) in [6, 6.07) is 102. The molecule has 3 aromatic heterocycles. The first-order valence-corrected chi connectivity index (χ1v) is 35.6. The third kappa shape index (κ3) is 15.9. The molecule has 10 nitrogen and oxygen atoms in total. The van der Waals surface area contributed by atoms with Crippen molar-refractivity contribution in [2.24, 2.45) is 0 Å². The van der Waals surface area contributed by atoms with Gasteiger partial charge in [-0.3, -0.25) is 0 Å². The van der Waals surface area contributed by atoms with Crippen molar-refractivity contribution in [2.75, 3.05) is 0 Å². The molecule has 0 unspecified atom stereocenters. The molecular formula is C90H85B2ClN6O4. The van der Waals surface area contributed by atoms with Crippen LogP contribution in [0.25, 0.3) is 90.3 Å². The Bertz CT molecular complexity index is 4560. The number of halogens is 1. The van der Waals surface area contributed by atoms with Crippen LogP contribution in [0.2, 0.25) is 5.28 Å². The summed E-state index contributed by atoms with van der Waals surface area (Å²) < 4.78 is 24.8. The van der Waals surface area contributed by atoms with E-state index in [0.717, 1.165) is 89.6 Å². The highest BCUT2D eigenvalue weighted by atomic mass is 35.5. The fourth-order valence-electron chi connectivity index (χ4n) is 12.6. The lowest BCUT2D eigenvalue weighted by Gasteiger charge is -2.32. The molecule has 0 radical (unpaired) electrons. The summed E-state index contributed by atoms with van der Waals surface area (Å²) >= 11 is 6.03. The summed E-state index contributed by atoms with van der Waals surface area (Å²) in [5, 5.41) is 0.264. The van der Waals surface area contributed by atoms with Crippen LogP contribution in [0.1, 0.15) is 105 Å². The molecule has 2 saturated heterocycles. The predicted octanol–water partition coefficient (Wildman–Crippen LogP) is 20.7. The molecule has 5 heterocycles. The maximum absolute atomic E-state index is 6.21. The first-order chi connectivity index (χ1) is 49.4. The Labute approximate surface area is 613 Å². The third-order valence-electron chi connectivity index (χ3n) is 20.6. The lowest BCUT2D eigenvalue weighted by Crippen LogP contribution is -2.41. The number of nitrogens with zero attached hydrogens (tertiary/aromatic N) is 6. The van der Waals surface area contributed by atoms with Crippen molar-refractivity contribution in [3.8, 4) is 90.3 Å². The summed E-state index contributed by atoms with van der Waals surface area (Å²) in [7, 11) is -0.683. The van der Waals surface area contributed by atoms with Gasteiger partial charge in [0.05, 0.1) is 56.6 Å². The van der Waals surface area contributed by atoms with Crippen LogP contribution in [0.4, 0.5) is 0 Å². The second-order valence-electron chi connectivity index (χ2n) is 29.4. The Balaban J connectivity index is 0.000000154. The van der Waals surface area contributed by atoms with Gasteiger partial charge in [-0.05, 0) is 118 Å². The summed E-state index contributed by atoms with van der Waals surface area (Å²) in [5.74, 6) is 1.41. The summed E-state index contributed by atoms with van der Waals surface area (Å²) in [5.41, 5.74) is 18.8. The maximum Gasteiger partial charge on any atom is 0.494 e. The molecule has 0 spiro atoms. The van der Waals surface area contributed by atoms with E-state index >= 15 is 0 Å². The van der Waals surface area contributed by atoms with Crippen molar-refractivity contribution in [3.63, 3.8) is 0 Å². The van der Waals surface area contributed by atoms with E-state index in [1.54, 1.807) is 0 Å². The average Bonchev–Trinajstić information content (AvgIpc) is 1.67. The van der Waals surface area contributed by atoms with Crippen LogP contribution < -0.4 is 10.9 Å². The standard InChI is InChI=1S/C47H36N4.C27H38B2O4.C16H11ClN2/c1-47(2,39-27-23-37(24-28-39)45-48-41(33-15-7-3-8-16-33)31-42(49-45)34-17-9-4-10-18-34)40-29-25-38(26-30-40)46-50-43(35-19-11-5-12-20-35)32-44(51-46)36-21-13-6-14-22-36;1-23(2,19-11-15-21(16-12-19)28-30-24(3,4)25(5,6)31-28)20-13-17-22(18-14-20)29-32-26(7,8)27(9,10)33-29;17-16-18-14(12-7-3-1-4-8-12)11-15(19-16)13-9-5-2-6-10-13/h3-32H,1-2H3;11-18H,1-10H3;1-11H. The first kappa shape index (κ1) is 71.1. The molecule has 0 N–H and O–H groups in total. The molecule has 15 rings (SSSR count). The van der Waals surface area contributed by atoms with Crippen LogP contribution >= 0.6 is 11.6 Å². The summed E-state index contributed by atoms with van der Waals surface area (Å²) in [6.45, 7) is 25.7. The Morgan fingerprint density at radius 3 is 0.660 bits per heavy atom. The Morgan fingerprint density at radius 1 is 0.252 bits per heavy atom. The van der Waals surface area contributed by atoms with Gasteiger partial charge in [-0.25, -0.2) is 29.9 Å². The monoisotopic (exact) mass is 1370 g/mol. The Hall–Kier alpha value is -10.3. The van der Waals surface area contributed by atoms with Crippen LogP contribution in [0.15, 0.2) is 297 Å². The van der Waals surface area contributed by atoms with Gasteiger partial charge in [0, 0.05) is 55.3 Å². The minimum atomic E-state index is -0.341. The quantitative estimate of drug-likeness (QED) is 0.0770. The molecule has 2 aliphatic rings. The first-order valence-electron chi connectivity index (χ1n) is 35.2. The molecule has 0 bridgehead atoms. The second-order valence-corrected chi connectivity index (χ2v) is 29.7. The molecule has 0 amide bonds. The molecular weight excluding hydrogens is 1290 g/mol. The fraction of sp³-hybridized carbons (Fsp3) is 0.200. The largest absolute Gasteiger partial charge is 0.494 e. The molecule has 13 heteroatoms. The van der Waals surface area contributed by atoms with Crippen LogP contribution in [0.3, 0.4) is 0 Å². The van der Waals surface area contributed by atoms with Gasteiger partial charge < -0.3 is 18.6 Å². The van der Waals surface area contributed by atoms with E-state index in [-0.39, 0.29) is 52.8 Å². The second kappa shape index (κ2) is 29.6. The molecule has 2 fully saturated rings. The van der Waals surface area contributed by atoms with Crippen LogP contribution in [0.5, 0.6) is 0 Å². The zero-order valence-electron chi connectivity index (χ0n) is 60.6. The van der Waals surface area contributed by atoms with Crippen LogP contribution in [-0.2, 0) is 29.4 Å². The van der Waals surface area contributed by atoms with E-state index in [1.165, 1.54) is 22.3 Å². The van der Waals surface area contributed by atoms with Crippen molar-refractivity contribution >= 4 is 36.8 Å². The van der Waals surface area contributed by atoms with Gasteiger partial charge in [0.25, 0.3) is 0 Å². The van der Waals surface area contributed by atoms with E-state index in [0.29, 0.717) is 11.6 Å². The Morgan fingerprint density at radius 2 is 0.447 bits per heavy atom. The zero-order valence-corrected chi connectivity index (χ0v) is 61.4. The van der Waals surface area contributed by atoms with Crippen molar-refractivity contribution < 1.29 is 18.6 Å². The number of hydrogen-bond acceptors (Lipinski definition) is 10. The fourth-order valence-corrected chi connectivity index (χ4v) is 12.8. The topological polar surface area (TPSA) is 114 Å². The highest BCUT2D eigenvalue weighted by molar-refractivity contribution is 6.62. The van der Waals surface area contributed by atoms with Gasteiger partial charge in [0.1, 0.15) is 0 Å². The Kier molecular flexibility index (Phi) is 20.4. The molecule has 0 atom stereocenters. The molecule has 0 saturated carbocycles. The number of hydrogen-bond donors (Lipinski definition) is 0. The van der Waals surface area contributed by atoms with Crippen LogP contribution in [-0.4, -0.2) is 66.5 Å². The van der Waals surface area contributed by atoms with Crippen molar-refractivity contribution in [1.29, 1.82) is 0 Å². The number of rotatable bonds is 14. The van der Waals surface area contributed by atoms with E-state index in [9.17, 15) is 0 Å². The molecule has 512 valence electrons. The number of benzene rings is 10. The molecule has 103 heavy (non-hydrogen) atoms. The van der Waals surface area contributed by atoms with Crippen LogP contribution in [0, 0.1) is 0 Å². The van der Waals surface area contributed by atoms with E-state index in [1.807, 2.05) is 140 Å². The van der Waals surface area contributed by atoms with Gasteiger partial charge in [0.15, 0.2) is 11.6 Å². The SMILES string of the molecule is CC(C)(c1ccc(-c2nc(-c3ccccc3)cc(-c3ccccc3)n2)cc1)c1ccc(-c2nc(-c3ccccc3)cc(-c3ccccc3)n2)cc1.CC(C)(c1ccc(B2OC(C)(C)C(C)(C)O2)cc1)c1ccc(B2OC(C)(C)C(C)(C)O2)cc1.Clc1nc(-c2ccccc2)cc(-c2ccccc2)n1. The normalized spacial score (nSPS) is 15.0. The van der Waals surface area contributed by atoms with Crippen molar-refractivity contribution in [3.05, 3.63) is 325 Å². The highest BCUT2D eigenvalue weighted by Crippen LogP contribution is 2.41. The van der Waals surface area contributed by atoms with Gasteiger partial charge in [-0.15, -0.1) is 0 Å². The lowest BCUT2D eigenvalue weighted by molar-refractivity contribution is 0.00578. The minimum absolute atomic E-state index is 0.150. The molecule has 10 aromatic carbocycles. The predicted molar refractivity (Wildman–Crippen MR) is 423 cm³/mol. The minimum Gasteiger partial charge on any atom is -0.399 e. The molecule has 0 aliphatic carbocycles. The highest BCUT2D eigenvalue weighted by Gasteiger charge is 2.53. The molecule has 2 aliphatic heterocycles. The summed E-state index contributed by atoms with van der Waals surface area (Å²) in [4.78, 5) is 28.6. The van der Waals surface area contributed by atoms with E-state index in [4.69, 9.17) is 50.2 Å². The summed E-state index contributed by atoms with van der Waals surface area (Å²) in [6.07, 6.45) is 0. The van der Waals surface area contributed by atoms with E-state index < -0.39 is 0 Å². The molecule has 13 aromatic rings. The lowest BCUT2D eigenvalue weighted by atomic mass is 9.73.